The van der Waals surface area contributed by atoms with Gasteiger partial charge in [-0.3, -0.25) is 0 Å². The van der Waals surface area contributed by atoms with Gasteiger partial charge in [0, 0.05) is 16.5 Å². The zero-order valence-corrected chi connectivity index (χ0v) is 9.51. The highest BCUT2D eigenvalue weighted by atomic mass is 16.5. The molecular weight excluding hydrogens is 212 g/mol. The van der Waals surface area contributed by atoms with E-state index in [0.29, 0.717) is 0 Å². The van der Waals surface area contributed by atoms with Crippen LogP contribution in [0.4, 0.5) is 0 Å². The van der Waals surface area contributed by atoms with E-state index < -0.39 is 0 Å². The molecule has 0 saturated carbocycles. The van der Waals surface area contributed by atoms with Crippen molar-refractivity contribution in [2.24, 2.45) is 0 Å². The molecule has 0 radical (unpaired) electrons. The van der Waals surface area contributed by atoms with Crippen molar-refractivity contribution < 1.29 is 9.15 Å². The molecule has 2 aromatic rings. The van der Waals surface area contributed by atoms with Gasteiger partial charge in [0.05, 0.1) is 13.4 Å². The minimum Gasteiger partial charge on any atom is -0.495 e. The van der Waals surface area contributed by atoms with E-state index in [9.17, 15) is 0 Å². The average Bonchev–Trinajstić information content (AvgIpc) is 2.80. The fourth-order valence-electron chi connectivity index (χ4n) is 1.90. The second-order valence-corrected chi connectivity index (χ2v) is 3.84. The molecule has 4 rings (SSSR count). The lowest BCUT2D eigenvalue weighted by Crippen LogP contribution is -1.69. The number of methoxy groups -OCH3 is 1. The van der Waals surface area contributed by atoms with Crippen LogP contribution in [0.25, 0.3) is 22.1 Å². The molecule has 1 heterocycles. The van der Waals surface area contributed by atoms with Gasteiger partial charge in [0.15, 0.2) is 0 Å². The largest absolute Gasteiger partial charge is 0.495 e. The second-order valence-electron chi connectivity index (χ2n) is 3.84. The van der Waals surface area contributed by atoms with Gasteiger partial charge in [-0.15, -0.1) is 0 Å². The van der Waals surface area contributed by atoms with E-state index in [4.69, 9.17) is 9.15 Å². The lowest BCUT2D eigenvalue weighted by Gasteiger charge is -1.81. The number of benzene rings is 2. The van der Waals surface area contributed by atoms with Gasteiger partial charge < -0.3 is 9.15 Å². The van der Waals surface area contributed by atoms with E-state index in [1.807, 2.05) is 36.4 Å². The smallest absolute Gasteiger partial charge is 0.134 e. The van der Waals surface area contributed by atoms with Crippen LogP contribution in [0, 0.1) is 0 Å². The van der Waals surface area contributed by atoms with Crippen LogP contribution in [0.5, 0.6) is 5.75 Å². The Bertz CT molecular complexity index is 602. The summed E-state index contributed by atoms with van der Waals surface area (Å²) in [5.41, 5.74) is 3.53. The van der Waals surface area contributed by atoms with E-state index in [1.54, 1.807) is 13.4 Å². The number of furan rings is 1. The first-order chi connectivity index (χ1) is 8.40. The quantitative estimate of drug-likeness (QED) is 0.485. The van der Waals surface area contributed by atoms with Crippen molar-refractivity contribution >= 4 is 11.0 Å². The maximum absolute atomic E-state index is 5.12. The minimum atomic E-state index is 0.956. The number of hydrogen-bond acceptors (Lipinski definition) is 2. The van der Waals surface area contributed by atoms with Crippen LogP contribution >= 0.6 is 0 Å². The average molecular weight is 224 g/mol. The number of rotatable bonds is 1. The molecule has 17 heavy (non-hydrogen) atoms. The molecule has 1 aromatic carbocycles. The molecular formula is C15H12O2. The minimum absolute atomic E-state index is 0.956. The Kier molecular flexibility index (Phi) is 2.33. The van der Waals surface area contributed by atoms with Crippen LogP contribution < -0.4 is 4.74 Å². The van der Waals surface area contributed by atoms with Gasteiger partial charge in [-0.2, -0.15) is 0 Å². The third kappa shape index (κ3) is 1.78. The molecule has 0 amide bonds. The molecule has 0 aliphatic heterocycles. The van der Waals surface area contributed by atoms with Crippen LogP contribution in [-0.2, 0) is 0 Å². The predicted octanol–water partition coefficient (Wildman–Crippen LogP) is 4.11. The Morgan fingerprint density at radius 1 is 0.882 bits per heavy atom. The highest BCUT2D eigenvalue weighted by Gasteiger charge is 2.23. The summed E-state index contributed by atoms with van der Waals surface area (Å²) < 4.78 is 10.1. The van der Waals surface area contributed by atoms with Gasteiger partial charge in [0.1, 0.15) is 11.3 Å². The zero-order chi connectivity index (χ0) is 11.7. The Morgan fingerprint density at radius 2 is 1.65 bits per heavy atom. The first-order valence-corrected chi connectivity index (χ1v) is 5.50. The maximum atomic E-state index is 5.12. The highest BCUT2D eigenvalue weighted by molar-refractivity contribution is 5.94. The number of ether oxygens (including phenoxy) is 1. The molecule has 0 unspecified atom stereocenters. The SMILES string of the molecule is COc1c2cccc1-2.c1ccc2occc2c1. The summed E-state index contributed by atoms with van der Waals surface area (Å²) in [6.07, 6.45) is 1.70. The van der Waals surface area contributed by atoms with Crippen LogP contribution in [0.3, 0.4) is 0 Å². The standard InChI is InChI=1S/C8H6O.C7H6O/c1-2-4-8-7(3-1)5-6-9-8;1-8-7-5-3-2-4-6(5)7/h1-6H;2-4H,1H3. The Balaban J connectivity index is 0.000000107. The number of para-hydroxylation sites is 2. The molecule has 2 heteroatoms. The first-order valence-electron chi connectivity index (χ1n) is 5.50. The lowest BCUT2D eigenvalue weighted by atomic mass is 10.3. The Morgan fingerprint density at radius 3 is 2.29 bits per heavy atom. The zero-order valence-electron chi connectivity index (χ0n) is 9.51. The van der Waals surface area contributed by atoms with E-state index in [2.05, 4.69) is 12.1 Å². The van der Waals surface area contributed by atoms with Crippen molar-refractivity contribution in [3.63, 3.8) is 0 Å². The fourth-order valence-corrected chi connectivity index (χ4v) is 1.90. The van der Waals surface area contributed by atoms with E-state index in [-0.39, 0.29) is 0 Å². The van der Waals surface area contributed by atoms with Gasteiger partial charge in [0.25, 0.3) is 0 Å². The molecule has 0 bridgehead atoms. The fraction of sp³-hybridized carbons (Fsp3) is 0.0667. The van der Waals surface area contributed by atoms with Crippen LogP contribution in [0.2, 0.25) is 0 Å². The van der Waals surface area contributed by atoms with Gasteiger partial charge in [-0.05, 0) is 12.1 Å². The number of hydrogen-bond donors (Lipinski definition) is 0. The molecule has 2 aliphatic carbocycles. The summed E-state index contributed by atoms with van der Waals surface area (Å²) in [6.45, 7) is 0. The van der Waals surface area contributed by atoms with Gasteiger partial charge in [-0.1, -0.05) is 36.4 Å². The van der Waals surface area contributed by atoms with Crippen molar-refractivity contribution in [2.45, 2.75) is 0 Å². The lowest BCUT2D eigenvalue weighted by molar-refractivity contribution is 0.430. The van der Waals surface area contributed by atoms with Crippen LogP contribution in [0.1, 0.15) is 0 Å². The molecule has 0 N–H and O–H groups in total. The van der Waals surface area contributed by atoms with Crippen LogP contribution in [-0.4, -0.2) is 7.11 Å². The van der Waals surface area contributed by atoms with Crippen molar-refractivity contribution in [1.29, 1.82) is 0 Å². The first kappa shape index (κ1) is 9.97. The Labute approximate surface area is 99.4 Å². The monoisotopic (exact) mass is 224 g/mol. The van der Waals surface area contributed by atoms with E-state index in [0.717, 1.165) is 16.7 Å². The maximum Gasteiger partial charge on any atom is 0.134 e. The molecule has 2 aliphatic rings. The van der Waals surface area contributed by atoms with Crippen molar-refractivity contribution in [3.8, 4) is 16.9 Å². The highest BCUT2D eigenvalue weighted by Crippen LogP contribution is 2.50. The van der Waals surface area contributed by atoms with Gasteiger partial charge >= 0.3 is 0 Å². The molecule has 1 aromatic heterocycles. The number of fused-ring (bicyclic) bond motifs is 2. The van der Waals surface area contributed by atoms with Crippen molar-refractivity contribution in [1.82, 2.24) is 0 Å². The third-order valence-electron chi connectivity index (χ3n) is 2.81. The van der Waals surface area contributed by atoms with Crippen molar-refractivity contribution in [3.05, 3.63) is 54.8 Å². The molecule has 2 nitrogen and oxygen atoms in total. The summed E-state index contributed by atoms with van der Waals surface area (Å²) >= 11 is 0. The molecule has 0 fully saturated rings. The normalized spacial score (nSPS) is 10.6. The van der Waals surface area contributed by atoms with Gasteiger partial charge in [0.2, 0.25) is 0 Å². The van der Waals surface area contributed by atoms with Crippen LogP contribution in [0.15, 0.2) is 59.2 Å². The summed E-state index contributed by atoms with van der Waals surface area (Å²) in [7, 11) is 1.70. The summed E-state index contributed by atoms with van der Waals surface area (Å²) in [5.74, 6) is 1.08. The summed E-state index contributed by atoms with van der Waals surface area (Å²) in [4.78, 5) is 0. The molecule has 0 spiro atoms. The third-order valence-corrected chi connectivity index (χ3v) is 2.81. The van der Waals surface area contributed by atoms with Crippen molar-refractivity contribution in [2.75, 3.05) is 7.11 Å². The molecule has 0 saturated heterocycles. The molecule has 0 atom stereocenters. The summed E-state index contributed by atoms with van der Waals surface area (Å²) in [5, 5.41) is 1.16. The second kappa shape index (κ2) is 3.98. The summed E-state index contributed by atoms with van der Waals surface area (Å²) in [6, 6.07) is 16.1. The topological polar surface area (TPSA) is 22.4 Å². The Hall–Kier alpha value is -2.22. The van der Waals surface area contributed by atoms with E-state index >= 15 is 0 Å². The molecule has 84 valence electrons. The van der Waals surface area contributed by atoms with E-state index in [1.165, 1.54) is 11.1 Å². The van der Waals surface area contributed by atoms with Gasteiger partial charge in [-0.25, -0.2) is 0 Å². The predicted molar refractivity (Wildman–Crippen MR) is 68.2 cm³/mol.